The molecule has 1 unspecified atom stereocenters. The second kappa shape index (κ2) is 6.54. The number of carbonyl (C=O) groups excluding carboxylic acids is 1. The van der Waals surface area contributed by atoms with Gasteiger partial charge in [-0.15, -0.1) is 11.6 Å². The molecule has 0 saturated carbocycles. The first kappa shape index (κ1) is 13.0. The molecular weight excluding hydrogens is 222 g/mol. The van der Waals surface area contributed by atoms with Crippen LogP contribution in [0.2, 0.25) is 0 Å². The van der Waals surface area contributed by atoms with E-state index in [9.17, 15) is 4.79 Å². The van der Waals surface area contributed by atoms with Crippen LogP contribution >= 0.6 is 11.6 Å². The number of hydrogen-bond donors (Lipinski definition) is 1. The first-order chi connectivity index (χ1) is 7.63. The molecule has 88 valence electrons. The van der Waals surface area contributed by atoms with Crippen LogP contribution in [0.1, 0.15) is 36.2 Å². The smallest absolute Gasteiger partial charge is 0.251 e. The average molecular weight is 240 g/mol. The Labute approximate surface area is 102 Å². The summed E-state index contributed by atoms with van der Waals surface area (Å²) in [7, 11) is 0. The molecule has 1 atom stereocenters. The SMILES string of the molecule is CCc1ccc(C(=O)NCCC(C)Cl)cc1. The monoisotopic (exact) mass is 239 g/mol. The summed E-state index contributed by atoms with van der Waals surface area (Å²) in [6.45, 7) is 4.64. The van der Waals surface area contributed by atoms with E-state index in [2.05, 4.69) is 12.2 Å². The summed E-state index contributed by atoms with van der Waals surface area (Å²) in [5, 5.41) is 2.94. The van der Waals surface area contributed by atoms with Crippen LogP contribution in [-0.4, -0.2) is 17.8 Å². The molecule has 1 rings (SSSR count). The van der Waals surface area contributed by atoms with Gasteiger partial charge in [0.05, 0.1) is 0 Å². The van der Waals surface area contributed by atoms with Gasteiger partial charge in [-0.3, -0.25) is 4.79 Å². The summed E-state index contributed by atoms with van der Waals surface area (Å²) >= 11 is 5.80. The van der Waals surface area contributed by atoms with Gasteiger partial charge in [-0.25, -0.2) is 0 Å². The van der Waals surface area contributed by atoms with E-state index < -0.39 is 0 Å². The topological polar surface area (TPSA) is 29.1 Å². The maximum atomic E-state index is 11.7. The van der Waals surface area contributed by atoms with Crippen molar-refractivity contribution < 1.29 is 4.79 Å². The molecule has 0 aliphatic carbocycles. The first-order valence-electron chi connectivity index (χ1n) is 5.64. The summed E-state index contributed by atoms with van der Waals surface area (Å²) in [5.74, 6) is -0.0278. The van der Waals surface area contributed by atoms with Gasteiger partial charge in [-0.2, -0.15) is 0 Å². The van der Waals surface area contributed by atoms with Crippen molar-refractivity contribution in [1.82, 2.24) is 5.32 Å². The molecule has 1 aromatic carbocycles. The number of carbonyl (C=O) groups is 1. The van der Waals surface area contributed by atoms with Crippen molar-refractivity contribution in [2.75, 3.05) is 6.54 Å². The highest BCUT2D eigenvalue weighted by molar-refractivity contribution is 6.20. The maximum absolute atomic E-state index is 11.7. The van der Waals surface area contributed by atoms with Crippen LogP contribution < -0.4 is 5.32 Å². The van der Waals surface area contributed by atoms with E-state index in [0.29, 0.717) is 12.1 Å². The van der Waals surface area contributed by atoms with Crippen molar-refractivity contribution in [3.05, 3.63) is 35.4 Å². The summed E-state index contributed by atoms with van der Waals surface area (Å²) < 4.78 is 0. The normalized spacial score (nSPS) is 12.2. The highest BCUT2D eigenvalue weighted by Gasteiger charge is 2.04. The average Bonchev–Trinajstić information content (AvgIpc) is 2.28. The molecule has 1 aromatic rings. The van der Waals surface area contributed by atoms with Crippen LogP contribution in [0, 0.1) is 0 Å². The molecule has 0 radical (unpaired) electrons. The van der Waals surface area contributed by atoms with Gasteiger partial charge in [-0.1, -0.05) is 19.1 Å². The fourth-order valence-electron chi connectivity index (χ4n) is 1.38. The molecule has 0 bridgehead atoms. The lowest BCUT2D eigenvalue weighted by Gasteiger charge is -2.06. The predicted molar refractivity (Wildman–Crippen MR) is 68.1 cm³/mol. The van der Waals surface area contributed by atoms with Crippen LogP contribution in [0.5, 0.6) is 0 Å². The third-order valence-corrected chi connectivity index (χ3v) is 2.67. The fraction of sp³-hybridized carbons (Fsp3) is 0.462. The Morgan fingerprint density at radius 1 is 1.38 bits per heavy atom. The quantitative estimate of drug-likeness (QED) is 0.787. The van der Waals surface area contributed by atoms with E-state index >= 15 is 0 Å². The Bertz CT molecular complexity index is 332. The fourth-order valence-corrected chi connectivity index (χ4v) is 1.49. The van der Waals surface area contributed by atoms with E-state index in [-0.39, 0.29) is 11.3 Å². The molecular formula is C13H18ClNO. The van der Waals surface area contributed by atoms with Crippen molar-refractivity contribution in [2.24, 2.45) is 0 Å². The van der Waals surface area contributed by atoms with E-state index in [1.165, 1.54) is 5.56 Å². The molecule has 0 aromatic heterocycles. The number of benzene rings is 1. The van der Waals surface area contributed by atoms with Crippen molar-refractivity contribution in [2.45, 2.75) is 32.1 Å². The number of amides is 1. The largest absolute Gasteiger partial charge is 0.352 e. The van der Waals surface area contributed by atoms with Crippen molar-refractivity contribution in [1.29, 1.82) is 0 Å². The molecule has 0 saturated heterocycles. The highest BCUT2D eigenvalue weighted by Crippen LogP contribution is 2.05. The summed E-state index contributed by atoms with van der Waals surface area (Å²) in [6, 6.07) is 7.69. The van der Waals surface area contributed by atoms with Crippen LogP contribution in [0.25, 0.3) is 0 Å². The molecule has 0 aliphatic heterocycles. The third-order valence-electron chi connectivity index (χ3n) is 2.45. The third kappa shape index (κ3) is 4.23. The van der Waals surface area contributed by atoms with Crippen LogP contribution in [-0.2, 0) is 6.42 Å². The van der Waals surface area contributed by atoms with Crippen molar-refractivity contribution in [3.63, 3.8) is 0 Å². The maximum Gasteiger partial charge on any atom is 0.251 e. The molecule has 0 fully saturated rings. The molecule has 0 aliphatic rings. The zero-order valence-electron chi connectivity index (χ0n) is 9.79. The van der Waals surface area contributed by atoms with Gasteiger partial charge < -0.3 is 5.32 Å². The van der Waals surface area contributed by atoms with Crippen LogP contribution in [0.15, 0.2) is 24.3 Å². The van der Waals surface area contributed by atoms with Gasteiger partial charge in [0.1, 0.15) is 0 Å². The van der Waals surface area contributed by atoms with Crippen LogP contribution in [0.4, 0.5) is 0 Å². The highest BCUT2D eigenvalue weighted by atomic mass is 35.5. The predicted octanol–water partition coefficient (Wildman–Crippen LogP) is 3.00. The number of nitrogens with one attached hydrogen (secondary N) is 1. The van der Waals surface area contributed by atoms with Crippen molar-refractivity contribution >= 4 is 17.5 Å². The summed E-state index contributed by atoms with van der Waals surface area (Å²) in [4.78, 5) is 11.7. The molecule has 1 N–H and O–H groups in total. The van der Waals surface area contributed by atoms with E-state index in [4.69, 9.17) is 11.6 Å². The molecule has 2 nitrogen and oxygen atoms in total. The van der Waals surface area contributed by atoms with Gasteiger partial charge in [0.2, 0.25) is 0 Å². The van der Waals surface area contributed by atoms with Gasteiger partial charge in [0.15, 0.2) is 0 Å². The zero-order valence-corrected chi connectivity index (χ0v) is 10.6. The van der Waals surface area contributed by atoms with E-state index in [1.54, 1.807) is 0 Å². The van der Waals surface area contributed by atoms with E-state index in [0.717, 1.165) is 12.8 Å². The van der Waals surface area contributed by atoms with Gasteiger partial charge in [0.25, 0.3) is 5.91 Å². The molecule has 0 heterocycles. The second-order valence-corrected chi connectivity index (χ2v) is 4.62. The van der Waals surface area contributed by atoms with Crippen molar-refractivity contribution in [3.8, 4) is 0 Å². The molecule has 3 heteroatoms. The zero-order chi connectivity index (χ0) is 12.0. The van der Waals surface area contributed by atoms with E-state index in [1.807, 2.05) is 31.2 Å². The molecule has 0 spiro atoms. The van der Waals surface area contributed by atoms with Crippen LogP contribution in [0.3, 0.4) is 0 Å². The lowest BCUT2D eigenvalue weighted by atomic mass is 10.1. The number of aryl methyl sites for hydroxylation is 1. The lowest BCUT2D eigenvalue weighted by molar-refractivity contribution is 0.0953. The minimum absolute atomic E-state index is 0.0278. The first-order valence-corrected chi connectivity index (χ1v) is 6.08. The second-order valence-electron chi connectivity index (χ2n) is 3.88. The lowest BCUT2D eigenvalue weighted by Crippen LogP contribution is -2.25. The minimum Gasteiger partial charge on any atom is -0.352 e. The van der Waals surface area contributed by atoms with Gasteiger partial charge in [-0.05, 0) is 37.5 Å². The standard InChI is InChI=1S/C13H18ClNO/c1-3-11-4-6-12(7-5-11)13(16)15-9-8-10(2)14/h4-7,10H,3,8-9H2,1-2H3,(H,15,16). The Morgan fingerprint density at radius 2 is 2.00 bits per heavy atom. The number of halogens is 1. The minimum atomic E-state index is -0.0278. The Kier molecular flexibility index (Phi) is 5.33. The van der Waals surface area contributed by atoms with Gasteiger partial charge in [0, 0.05) is 17.5 Å². The summed E-state index contributed by atoms with van der Waals surface area (Å²) in [6.07, 6.45) is 1.78. The molecule has 16 heavy (non-hydrogen) atoms. The summed E-state index contributed by atoms with van der Waals surface area (Å²) in [5.41, 5.74) is 1.95. The molecule has 1 amide bonds. The number of hydrogen-bond acceptors (Lipinski definition) is 1. The Morgan fingerprint density at radius 3 is 2.50 bits per heavy atom. The Hall–Kier alpha value is -1.02. The number of alkyl halides is 1. The van der Waals surface area contributed by atoms with Gasteiger partial charge >= 0.3 is 0 Å². The number of rotatable bonds is 5. The Balaban J connectivity index is 2.46.